The average molecular weight is 631 g/mol. The Morgan fingerprint density at radius 3 is 2.45 bits per heavy atom. The molecule has 3 aromatic carbocycles. The number of benzene rings is 3. The molecule has 0 aliphatic heterocycles. The second-order valence-corrected chi connectivity index (χ2v) is 13.8. The highest BCUT2D eigenvalue weighted by atomic mass is 32.2. The first-order chi connectivity index (χ1) is 19.9. The number of nitrogens with zero attached hydrogens (tertiary/aromatic N) is 5. The van der Waals surface area contributed by atoms with Gasteiger partial charge in [-0.1, -0.05) is 41.7 Å². The number of aromatic nitrogens is 5. The van der Waals surface area contributed by atoms with Crippen LogP contribution in [0, 0.1) is 0 Å². The Bertz CT molecular complexity index is 1990. The summed E-state index contributed by atoms with van der Waals surface area (Å²) in [5.41, 5.74) is 13.1. The molecule has 0 spiro atoms. The van der Waals surface area contributed by atoms with Crippen LogP contribution in [0.4, 0.5) is 5.13 Å². The topological polar surface area (TPSA) is 232 Å². The lowest BCUT2D eigenvalue weighted by atomic mass is 9.98. The van der Waals surface area contributed by atoms with E-state index < -0.39 is 41.5 Å². The molecule has 42 heavy (non-hydrogen) atoms. The van der Waals surface area contributed by atoms with Crippen LogP contribution in [0.25, 0.3) is 32.7 Å². The minimum Gasteiger partial charge on any atom is -0.497 e. The molecule has 5 rings (SSSR count). The van der Waals surface area contributed by atoms with Crippen LogP contribution in [-0.2, 0) is 26.4 Å². The molecule has 0 aliphatic rings. The van der Waals surface area contributed by atoms with Crippen molar-refractivity contribution in [2.45, 2.75) is 22.4 Å². The lowest BCUT2D eigenvalue weighted by Gasteiger charge is -2.17. The number of ether oxygens (including phenoxy) is 1. The highest BCUT2D eigenvalue weighted by Gasteiger charge is 2.33. The van der Waals surface area contributed by atoms with E-state index in [4.69, 9.17) is 21.3 Å². The van der Waals surface area contributed by atoms with Crippen molar-refractivity contribution in [3.63, 3.8) is 0 Å². The number of hydrogen-bond donors (Lipinski definition) is 4. The quantitative estimate of drug-likeness (QED) is 0.169. The fourth-order valence-electron chi connectivity index (χ4n) is 4.44. The Labute approximate surface area is 244 Å². The Morgan fingerprint density at radius 1 is 1.05 bits per heavy atom. The van der Waals surface area contributed by atoms with E-state index in [0.29, 0.717) is 21.5 Å². The van der Waals surface area contributed by atoms with Crippen molar-refractivity contribution in [3.05, 3.63) is 60.2 Å². The summed E-state index contributed by atoms with van der Waals surface area (Å²) in [6, 6.07) is 14.9. The molecule has 1 atom stereocenters. The summed E-state index contributed by atoms with van der Waals surface area (Å²) >= 11 is 1.23. The van der Waals surface area contributed by atoms with Gasteiger partial charge in [0.2, 0.25) is 15.8 Å². The third kappa shape index (κ3) is 5.83. The van der Waals surface area contributed by atoms with Crippen molar-refractivity contribution < 1.29 is 26.7 Å². The third-order valence-electron chi connectivity index (χ3n) is 6.31. The molecule has 17 heteroatoms. The van der Waals surface area contributed by atoms with Gasteiger partial charge in [0, 0.05) is 12.1 Å². The van der Waals surface area contributed by atoms with Crippen LogP contribution in [0.5, 0.6) is 5.75 Å². The van der Waals surface area contributed by atoms with Crippen molar-refractivity contribution in [1.82, 2.24) is 25.2 Å². The van der Waals surface area contributed by atoms with Gasteiger partial charge in [-0.05, 0) is 40.6 Å². The number of thiazole rings is 1. The molecule has 0 saturated heterocycles. The van der Waals surface area contributed by atoms with Crippen LogP contribution >= 0.6 is 11.3 Å². The summed E-state index contributed by atoms with van der Waals surface area (Å²) in [5, 5.41) is 28.5. The monoisotopic (exact) mass is 630 g/mol. The fraction of sp³-hybridized carbons (Fsp3) is 0.200. The highest BCUT2D eigenvalue weighted by Crippen LogP contribution is 2.42. The van der Waals surface area contributed by atoms with E-state index in [-0.39, 0.29) is 35.2 Å². The number of aliphatic hydroxyl groups excluding tert-OH is 1. The van der Waals surface area contributed by atoms with Crippen molar-refractivity contribution in [2.24, 2.45) is 10.9 Å². The molecular weight excluding hydrogens is 605 g/mol. The summed E-state index contributed by atoms with van der Waals surface area (Å²) in [6.45, 7) is -0.195. The smallest absolute Gasteiger partial charge is 0.240 e. The molecule has 0 radical (unpaired) electrons. The van der Waals surface area contributed by atoms with E-state index >= 15 is 0 Å². The zero-order chi connectivity index (χ0) is 30.2. The van der Waals surface area contributed by atoms with Crippen molar-refractivity contribution >= 4 is 46.5 Å². The summed E-state index contributed by atoms with van der Waals surface area (Å²) < 4.78 is 59.0. The van der Waals surface area contributed by atoms with Crippen LogP contribution in [0.1, 0.15) is 5.56 Å². The molecule has 1 unspecified atom stereocenters. The molecule has 5 aromatic rings. The number of anilines is 1. The van der Waals surface area contributed by atoms with Crippen LogP contribution < -0.4 is 21.3 Å². The first kappa shape index (κ1) is 29.5. The second-order valence-electron chi connectivity index (χ2n) is 9.23. The minimum absolute atomic E-state index is 0.163. The number of sulfone groups is 1. The van der Waals surface area contributed by atoms with Gasteiger partial charge in [-0.15, -0.1) is 10.2 Å². The molecule has 0 amide bonds. The number of nitrogen functional groups attached to an aromatic ring is 1. The first-order valence-corrected chi connectivity index (χ1v) is 16.3. The van der Waals surface area contributed by atoms with Gasteiger partial charge < -0.3 is 21.3 Å². The number of methoxy groups -OCH3 is 1. The van der Waals surface area contributed by atoms with Gasteiger partial charge in [0.25, 0.3) is 0 Å². The number of fused-ring (bicyclic) bond motifs is 1. The summed E-state index contributed by atoms with van der Waals surface area (Å²) in [7, 11) is -7.61. The van der Waals surface area contributed by atoms with Gasteiger partial charge in [-0.2, -0.15) is 4.80 Å². The Balaban J connectivity index is 1.77. The maximum absolute atomic E-state index is 13.4. The number of tetrazole rings is 1. The second kappa shape index (κ2) is 11.3. The lowest BCUT2D eigenvalue weighted by molar-refractivity contribution is 0.205. The Kier molecular flexibility index (Phi) is 7.97. The van der Waals surface area contributed by atoms with E-state index in [1.165, 1.54) is 22.2 Å². The largest absolute Gasteiger partial charge is 0.497 e. The maximum atomic E-state index is 13.4. The summed E-state index contributed by atoms with van der Waals surface area (Å²) in [5.74, 6) is -0.372. The predicted molar refractivity (Wildman–Crippen MR) is 157 cm³/mol. The number of rotatable bonds is 10. The molecule has 14 nitrogen and oxygen atoms in total. The van der Waals surface area contributed by atoms with E-state index in [1.54, 1.807) is 49.6 Å². The van der Waals surface area contributed by atoms with Gasteiger partial charge in [0.1, 0.15) is 10.6 Å². The number of aliphatic hydroxyl groups is 1. The normalized spacial score (nSPS) is 13.0. The minimum atomic E-state index is -4.74. The van der Waals surface area contributed by atoms with Gasteiger partial charge >= 0.3 is 0 Å². The molecule has 7 N–H and O–H groups in total. The van der Waals surface area contributed by atoms with Gasteiger partial charge in [0.05, 0.1) is 46.2 Å². The maximum Gasteiger partial charge on any atom is 0.240 e. The van der Waals surface area contributed by atoms with Crippen molar-refractivity contribution in [2.75, 3.05) is 25.1 Å². The highest BCUT2D eigenvalue weighted by molar-refractivity contribution is 7.93. The molecule has 2 heterocycles. The molecule has 2 aromatic heterocycles. The van der Waals surface area contributed by atoms with E-state index in [2.05, 4.69) is 20.4 Å². The van der Waals surface area contributed by atoms with Crippen LogP contribution in [0.3, 0.4) is 0 Å². The standard InChI is InChI=1S/C25H26N8O6S3/c1-39-16-7-5-14(6-8-16)12-33-31-24(30-32-33)21-17(18-3-2-4-19-22(18)29-25(27)40-19)9-10-20(23(21)42(28,37)38)41(35,36)13-15(34)11-26/h2-10,15,34H,11-13,26H2,1H3,(H2,27,29)(H2,28,37,38). The molecular formula is C25H26N8O6S3. The molecule has 220 valence electrons. The number of sulfonamides is 1. The van der Waals surface area contributed by atoms with Gasteiger partial charge in [-0.3, -0.25) is 0 Å². The average Bonchev–Trinajstić information content (AvgIpc) is 3.57. The van der Waals surface area contributed by atoms with Crippen molar-refractivity contribution in [1.29, 1.82) is 0 Å². The fourth-order valence-corrected chi connectivity index (χ4v) is 8.24. The van der Waals surface area contributed by atoms with E-state index in [9.17, 15) is 21.9 Å². The Hall–Kier alpha value is -4.00. The first-order valence-electron chi connectivity index (χ1n) is 12.3. The summed E-state index contributed by atoms with van der Waals surface area (Å²) in [6.07, 6.45) is -1.44. The molecule has 0 fully saturated rings. The lowest BCUT2D eigenvalue weighted by Crippen LogP contribution is -2.30. The van der Waals surface area contributed by atoms with E-state index in [1.807, 2.05) is 0 Å². The third-order valence-corrected chi connectivity index (χ3v) is 10.1. The predicted octanol–water partition coefficient (Wildman–Crippen LogP) is 0.997. The number of nitrogens with two attached hydrogens (primary N) is 3. The van der Waals surface area contributed by atoms with Crippen molar-refractivity contribution in [3.8, 4) is 28.3 Å². The van der Waals surface area contributed by atoms with E-state index in [0.717, 1.165) is 11.6 Å². The van der Waals surface area contributed by atoms with Crippen LogP contribution in [0.2, 0.25) is 0 Å². The number of para-hydroxylation sites is 1. The molecule has 0 bridgehead atoms. The van der Waals surface area contributed by atoms with Gasteiger partial charge in [0.15, 0.2) is 15.0 Å². The number of primary sulfonamides is 1. The zero-order valence-corrected chi connectivity index (χ0v) is 24.5. The molecule has 0 saturated carbocycles. The summed E-state index contributed by atoms with van der Waals surface area (Å²) in [4.78, 5) is 4.25. The Morgan fingerprint density at radius 2 is 1.79 bits per heavy atom. The SMILES string of the molecule is COc1ccc(Cn2nnc(-c3c(-c4cccc5sc(N)nc45)ccc(S(=O)(=O)CC(O)CN)c3S(N)(=O)=O)n2)cc1. The number of hydrogen-bond acceptors (Lipinski definition) is 13. The molecule has 0 aliphatic carbocycles. The van der Waals surface area contributed by atoms with Crippen LogP contribution in [-0.4, -0.2) is 72.6 Å². The zero-order valence-electron chi connectivity index (χ0n) is 22.1. The van der Waals surface area contributed by atoms with Gasteiger partial charge in [-0.25, -0.2) is 27.0 Å². The van der Waals surface area contributed by atoms with Crippen LogP contribution in [0.15, 0.2) is 64.4 Å².